The van der Waals surface area contributed by atoms with Crippen molar-refractivity contribution >= 4 is 11.9 Å². The first-order valence-electron chi connectivity index (χ1n) is 7.54. The van der Waals surface area contributed by atoms with Gasteiger partial charge in [-0.3, -0.25) is 9.59 Å². The molecule has 4 unspecified atom stereocenters. The van der Waals surface area contributed by atoms with Crippen LogP contribution in [0.3, 0.4) is 0 Å². The SMILES string of the molecule is CCOC(=O)CCN(C)C(=O)C1C2C3CCC(C3)C12. The molecule has 0 aliphatic heterocycles. The summed E-state index contributed by atoms with van der Waals surface area (Å²) >= 11 is 0. The summed E-state index contributed by atoms with van der Waals surface area (Å²) in [6.45, 7) is 2.70. The monoisotopic (exact) mass is 265 g/mol. The number of esters is 1. The summed E-state index contributed by atoms with van der Waals surface area (Å²) in [6.07, 6.45) is 4.35. The van der Waals surface area contributed by atoms with Crippen LogP contribution in [0.2, 0.25) is 0 Å². The normalized spacial score (nSPS) is 37.9. The van der Waals surface area contributed by atoms with E-state index in [4.69, 9.17) is 4.74 Å². The lowest BCUT2D eigenvalue weighted by molar-refractivity contribution is -0.144. The molecule has 3 fully saturated rings. The molecule has 0 spiro atoms. The van der Waals surface area contributed by atoms with Gasteiger partial charge in [-0.2, -0.15) is 0 Å². The van der Waals surface area contributed by atoms with Crippen LogP contribution in [-0.4, -0.2) is 37.0 Å². The molecular weight excluding hydrogens is 242 g/mol. The molecule has 0 aromatic carbocycles. The van der Waals surface area contributed by atoms with Gasteiger partial charge in [0.05, 0.1) is 13.0 Å². The number of nitrogens with zero attached hydrogens (tertiary/aromatic N) is 1. The number of rotatable bonds is 5. The molecule has 0 aromatic heterocycles. The van der Waals surface area contributed by atoms with E-state index in [1.807, 2.05) is 7.05 Å². The molecule has 2 bridgehead atoms. The third-order valence-corrected chi connectivity index (χ3v) is 5.35. The topological polar surface area (TPSA) is 46.6 Å². The summed E-state index contributed by atoms with van der Waals surface area (Å²) in [6, 6.07) is 0. The van der Waals surface area contributed by atoms with E-state index in [9.17, 15) is 9.59 Å². The number of hydrogen-bond donors (Lipinski definition) is 0. The van der Waals surface area contributed by atoms with Gasteiger partial charge in [-0.1, -0.05) is 0 Å². The molecule has 4 nitrogen and oxygen atoms in total. The number of ether oxygens (including phenoxy) is 1. The van der Waals surface area contributed by atoms with Crippen LogP contribution in [0.1, 0.15) is 32.6 Å². The second-order valence-electron chi connectivity index (χ2n) is 6.33. The van der Waals surface area contributed by atoms with Crippen molar-refractivity contribution in [3.8, 4) is 0 Å². The number of carbonyl (C=O) groups is 2. The average molecular weight is 265 g/mol. The fraction of sp³-hybridized carbons (Fsp3) is 0.867. The number of amides is 1. The minimum atomic E-state index is -0.210. The third-order valence-electron chi connectivity index (χ3n) is 5.35. The molecule has 4 atom stereocenters. The highest BCUT2D eigenvalue weighted by atomic mass is 16.5. The van der Waals surface area contributed by atoms with E-state index in [2.05, 4.69) is 0 Å². The summed E-state index contributed by atoms with van der Waals surface area (Å²) in [4.78, 5) is 25.4. The van der Waals surface area contributed by atoms with Crippen LogP contribution >= 0.6 is 0 Å². The number of carbonyl (C=O) groups excluding carboxylic acids is 2. The zero-order valence-corrected chi connectivity index (χ0v) is 11.8. The zero-order valence-electron chi connectivity index (χ0n) is 11.8. The lowest BCUT2D eigenvalue weighted by Gasteiger charge is -2.18. The second-order valence-corrected chi connectivity index (χ2v) is 6.33. The highest BCUT2D eigenvalue weighted by Gasteiger charge is 2.67. The molecule has 0 aromatic rings. The van der Waals surface area contributed by atoms with Gasteiger partial charge in [0.15, 0.2) is 0 Å². The predicted molar refractivity (Wildman–Crippen MR) is 70.2 cm³/mol. The van der Waals surface area contributed by atoms with Crippen LogP contribution in [0.5, 0.6) is 0 Å². The molecular formula is C15H23NO3. The van der Waals surface area contributed by atoms with E-state index >= 15 is 0 Å². The first kappa shape index (κ1) is 12.9. The molecule has 1 amide bonds. The van der Waals surface area contributed by atoms with E-state index in [0.717, 1.165) is 11.8 Å². The standard InChI is InChI=1S/C15H23NO3/c1-3-19-11(17)6-7-16(2)15(18)14-12-9-4-5-10(8-9)13(12)14/h9-10,12-14H,3-8H2,1-2H3. The largest absolute Gasteiger partial charge is 0.466 e. The van der Waals surface area contributed by atoms with E-state index in [-0.39, 0.29) is 17.8 Å². The first-order chi connectivity index (χ1) is 9.13. The van der Waals surface area contributed by atoms with Crippen LogP contribution in [0.15, 0.2) is 0 Å². The summed E-state index contributed by atoms with van der Waals surface area (Å²) in [5.74, 6) is 3.32. The summed E-state index contributed by atoms with van der Waals surface area (Å²) in [5.41, 5.74) is 0. The van der Waals surface area contributed by atoms with Gasteiger partial charge >= 0.3 is 5.97 Å². The van der Waals surface area contributed by atoms with Crippen LogP contribution in [-0.2, 0) is 14.3 Å². The van der Waals surface area contributed by atoms with E-state index in [1.165, 1.54) is 19.3 Å². The molecule has 4 heteroatoms. The molecule has 3 aliphatic rings. The van der Waals surface area contributed by atoms with Crippen molar-refractivity contribution in [2.75, 3.05) is 20.2 Å². The Hall–Kier alpha value is -1.06. The van der Waals surface area contributed by atoms with Gasteiger partial charge in [-0.15, -0.1) is 0 Å². The Labute approximate surface area is 114 Å². The molecule has 3 aliphatic carbocycles. The van der Waals surface area contributed by atoms with Crippen LogP contribution in [0, 0.1) is 29.6 Å². The third kappa shape index (κ3) is 2.15. The number of fused-ring (bicyclic) bond motifs is 5. The van der Waals surface area contributed by atoms with Crippen molar-refractivity contribution in [3.63, 3.8) is 0 Å². The van der Waals surface area contributed by atoms with Gasteiger partial charge in [0, 0.05) is 19.5 Å². The van der Waals surface area contributed by atoms with Gasteiger partial charge in [-0.05, 0) is 49.9 Å². The van der Waals surface area contributed by atoms with E-state index in [1.54, 1.807) is 11.8 Å². The van der Waals surface area contributed by atoms with Gasteiger partial charge in [-0.25, -0.2) is 0 Å². The van der Waals surface area contributed by atoms with Crippen molar-refractivity contribution in [1.82, 2.24) is 4.90 Å². The smallest absolute Gasteiger partial charge is 0.307 e. The van der Waals surface area contributed by atoms with E-state index < -0.39 is 0 Å². The molecule has 0 heterocycles. The molecule has 0 saturated heterocycles. The zero-order chi connectivity index (χ0) is 13.6. The van der Waals surface area contributed by atoms with Gasteiger partial charge in [0.2, 0.25) is 5.91 Å². The van der Waals surface area contributed by atoms with Crippen molar-refractivity contribution in [2.45, 2.75) is 32.6 Å². The van der Waals surface area contributed by atoms with Crippen molar-refractivity contribution in [3.05, 3.63) is 0 Å². The maximum absolute atomic E-state index is 12.4. The summed E-state index contributed by atoms with van der Waals surface area (Å²) in [7, 11) is 1.82. The minimum Gasteiger partial charge on any atom is -0.466 e. The molecule has 3 saturated carbocycles. The Morgan fingerprint density at radius 3 is 2.42 bits per heavy atom. The van der Waals surface area contributed by atoms with Crippen LogP contribution in [0.4, 0.5) is 0 Å². The molecule has 19 heavy (non-hydrogen) atoms. The Balaban J connectivity index is 1.48. The Morgan fingerprint density at radius 2 is 1.84 bits per heavy atom. The fourth-order valence-corrected chi connectivity index (χ4v) is 4.51. The fourth-order valence-electron chi connectivity index (χ4n) is 4.51. The highest BCUT2D eigenvalue weighted by Crippen LogP contribution is 2.69. The second kappa shape index (κ2) is 4.80. The van der Waals surface area contributed by atoms with Crippen molar-refractivity contribution < 1.29 is 14.3 Å². The molecule has 0 radical (unpaired) electrons. The highest BCUT2D eigenvalue weighted by molar-refractivity contribution is 5.83. The molecule has 106 valence electrons. The lowest BCUT2D eigenvalue weighted by atomic mass is 10.0. The van der Waals surface area contributed by atoms with Crippen molar-refractivity contribution in [1.29, 1.82) is 0 Å². The maximum atomic E-state index is 12.4. The first-order valence-corrected chi connectivity index (χ1v) is 7.54. The molecule has 3 rings (SSSR count). The van der Waals surface area contributed by atoms with Crippen molar-refractivity contribution in [2.24, 2.45) is 29.6 Å². The quantitative estimate of drug-likeness (QED) is 0.711. The Morgan fingerprint density at radius 1 is 1.21 bits per heavy atom. The minimum absolute atomic E-state index is 0.210. The van der Waals surface area contributed by atoms with Gasteiger partial charge < -0.3 is 9.64 Å². The van der Waals surface area contributed by atoms with Gasteiger partial charge in [0.1, 0.15) is 0 Å². The molecule has 0 N–H and O–H groups in total. The predicted octanol–water partition coefficient (Wildman–Crippen LogP) is 1.69. The number of hydrogen-bond acceptors (Lipinski definition) is 3. The van der Waals surface area contributed by atoms with Crippen LogP contribution in [0.25, 0.3) is 0 Å². The van der Waals surface area contributed by atoms with Gasteiger partial charge in [0.25, 0.3) is 0 Å². The van der Waals surface area contributed by atoms with E-state index in [0.29, 0.717) is 31.4 Å². The summed E-state index contributed by atoms with van der Waals surface area (Å²) < 4.78 is 4.89. The Kier molecular flexibility index (Phi) is 3.27. The average Bonchev–Trinajstić information content (AvgIpc) is 2.83. The summed E-state index contributed by atoms with van der Waals surface area (Å²) in [5, 5.41) is 0. The maximum Gasteiger partial charge on any atom is 0.307 e. The van der Waals surface area contributed by atoms with Crippen LogP contribution < -0.4 is 0 Å². The Bertz CT molecular complexity index is 379. The lowest BCUT2D eigenvalue weighted by Crippen LogP contribution is -2.32.